The molecule has 0 N–H and O–H groups in total. The van der Waals surface area contributed by atoms with Crippen LogP contribution in [0.25, 0.3) is 0 Å². The van der Waals surface area contributed by atoms with Crippen molar-refractivity contribution in [3.63, 3.8) is 0 Å². The van der Waals surface area contributed by atoms with E-state index in [1.54, 1.807) is 17.9 Å². The Morgan fingerprint density at radius 3 is 2.32 bits per heavy atom. The maximum absolute atomic E-state index is 12.5. The molecule has 0 radical (unpaired) electrons. The summed E-state index contributed by atoms with van der Waals surface area (Å²) < 4.78 is 19.1. The molecule has 6 nitrogen and oxygen atoms in total. The molecule has 0 aromatic rings. The fraction of sp³-hybridized carbons (Fsp3) is 0.824. The van der Waals surface area contributed by atoms with Crippen LogP contribution in [0.3, 0.4) is 0 Å². The van der Waals surface area contributed by atoms with Crippen molar-refractivity contribution in [3.05, 3.63) is 0 Å². The van der Waals surface area contributed by atoms with E-state index in [1.165, 1.54) is 0 Å². The fourth-order valence-corrected chi connectivity index (χ4v) is 42.2. The van der Waals surface area contributed by atoms with Gasteiger partial charge in [-0.1, -0.05) is 0 Å². The molecule has 2 unspecified atom stereocenters. The summed E-state index contributed by atoms with van der Waals surface area (Å²) in [6.45, 7) is 4.22. The van der Waals surface area contributed by atoms with Crippen LogP contribution < -0.4 is 0 Å². The van der Waals surface area contributed by atoms with Gasteiger partial charge in [0.1, 0.15) is 0 Å². The third-order valence-corrected chi connectivity index (χ3v) is 44.7. The van der Waals surface area contributed by atoms with E-state index >= 15 is 0 Å². The van der Waals surface area contributed by atoms with Gasteiger partial charge in [0, 0.05) is 0 Å². The van der Waals surface area contributed by atoms with Crippen molar-refractivity contribution in [3.8, 4) is 0 Å². The maximum atomic E-state index is 12.5. The Morgan fingerprint density at radius 2 is 1.68 bits per heavy atom. The molecular formula is C17H30O6S3Sn2. The van der Waals surface area contributed by atoms with Gasteiger partial charge in [-0.3, -0.25) is 0 Å². The van der Waals surface area contributed by atoms with E-state index in [-0.39, 0.29) is 24.3 Å². The van der Waals surface area contributed by atoms with E-state index < -0.39 is 33.8 Å². The Hall–Kier alpha value is 1.06. The summed E-state index contributed by atoms with van der Waals surface area (Å²) in [6, 6.07) is 0. The zero-order valence-corrected chi connectivity index (χ0v) is 24.8. The standard InChI is InChI=1S/2C4H9.3C3H6O2S.2Sn/c2*1-3-4-2;3*4-3(5)1-2-6;;/h2*1,3-4H2,2H3;3*6H,1-2H2,(H,4,5);;/q;;;;;2*+3/p-6. The number of hydrogen-bond acceptors (Lipinski definition) is 9. The summed E-state index contributed by atoms with van der Waals surface area (Å²) in [5.41, 5.74) is 0. The monoisotopic (exact) mass is 666 g/mol. The molecule has 0 spiro atoms. The van der Waals surface area contributed by atoms with Gasteiger partial charge in [-0.15, -0.1) is 0 Å². The van der Waals surface area contributed by atoms with Crippen LogP contribution in [0.2, 0.25) is 8.87 Å². The van der Waals surface area contributed by atoms with Crippen LogP contribution >= 0.6 is 26.8 Å². The van der Waals surface area contributed by atoms with Gasteiger partial charge < -0.3 is 0 Å². The van der Waals surface area contributed by atoms with E-state index in [4.69, 9.17) is 9.22 Å². The number of carbonyl (C=O) groups is 3. The van der Waals surface area contributed by atoms with Crippen molar-refractivity contribution < 1.29 is 23.6 Å². The minimum atomic E-state index is -3.69. The molecule has 2 fully saturated rings. The Labute approximate surface area is 185 Å². The predicted octanol–water partition coefficient (Wildman–Crippen LogP) is 4.49. The Morgan fingerprint density at radius 1 is 1.04 bits per heavy atom. The molecule has 0 aromatic carbocycles. The quantitative estimate of drug-likeness (QED) is 0.297. The Balaban J connectivity index is 1.88. The van der Waals surface area contributed by atoms with Gasteiger partial charge in [-0.25, -0.2) is 0 Å². The van der Waals surface area contributed by atoms with Crippen LogP contribution in [0, 0.1) is 0 Å². The predicted molar refractivity (Wildman–Crippen MR) is 120 cm³/mol. The van der Waals surface area contributed by atoms with Gasteiger partial charge in [0.25, 0.3) is 0 Å². The van der Waals surface area contributed by atoms with Gasteiger partial charge in [0.05, 0.1) is 0 Å². The number of unbranched alkanes of at least 4 members (excludes halogenated alkanes) is 2. The SMILES string of the molecule is CCC[CH2][Sn]1([O]C(=O)CC[S][Sn]2([CH2]CCC)[O]C(=O)CC[S]2)[O]C(=O)CC[S]1. The van der Waals surface area contributed by atoms with E-state index in [2.05, 4.69) is 13.8 Å². The molecule has 0 bridgehead atoms. The van der Waals surface area contributed by atoms with E-state index in [0.717, 1.165) is 40.3 Å². The molecule has 11 heteroatoms. The van der Waals surface area contributed by atoms with Gasteiger partial charge >= 0.3 is 187 Å². The summed E-state index contributed by atoms with van der Waals surface area (Å²) in [5, 5.41) is 0. The van der Waals surface area contributed by atoms with Crippen LogP contribution in [-0.2, 0) is 23.6 Å². The molecule has 0 saturated carbocycles. The van der Waals surface area contributed by atoms with Crippen molar-refractivity contribution in [2.75, 3.05) is 17.3 Å². The molecule has 2 aliphatic heterocycles. The number of rotatable bonds is 11. The van der Waals surface area contributed by atoms with Crippen LogP contribution in [0.4, 0.5) is 0 Å². The molecule has 0 aromatic heterocycles. The topological polar surface area (TPSA) is 78.9 Å². The molecule has 28 heavy (non-hydrogen) atoms. The Bertz CT molecular complexity index is 567. The molecule has 2 rings (SSSR count). The summed E-state index contributed by atoms with van der Waals surface area (Å²) in [4.78, 5) is 36.2. The van der Waals surface area contributed by atoms with Crippen molar-refractivity contribution in [2.45, 2.75) is 67.7 Å². The van der Waals surface area contributed by atoms with E-state index in [0.29, 0.717) is 24.3 Å². The summed E-state index contributed by atoms with van der Waals surface area (Å²) in [6.07, 6.45) is 5.24. The van der Waals surface area contributed by atoms with Crippen LogP contribution in [0.15, 0.2) is 0 Å². The molecule has 0 amide bonds. The van der Waals surface area contributed by atoms with Crippen molar-refractivity contribution >= 4 is 78.6 Å². The van der Waals surface area contributed by atoms with Gasteiger partial charge in [0.2, 0.25) is 0 Å². The zero-order valence-electron chi connectivity index (χ0n) is 16.7. The number of carbonyl (C=O) groups excluding carboxylic acids is 3. The van der Waals surface area contributed by atoms with Crippen LogP contribution in [0.5, 0.6) is 0 Å². The molecule has 2 atom stereocenters. The normalized spacial score (nSPS) is 27.8. The second-order valence-corrected chi connectivity index (χ2v) is 43.4. The van der Waals surface area contributed by atoms with Crippen LogP contribution in [0.1, 0.15) is 58.8 Å². The van der Waals surface area contributed by atoms with Gasteiger partial charge in [0.15, 0.2) is 0 Å². The third-order valence-electron chi connectivity index (χ3n) is 4.37. The van der Waals surface area contributed by atoms with E-state index in [9.17, 15) is 14.4 Å². The zero-order chi connectivity index (χ0) is 20.5. The first-order valence-electron chi connectivity index (χ1n) is 10.00. The van der Waals surface area contributed by atoms with Gasteiger partial charge in [-0.05, 0) is 0 Å². The molecular weight excluding hydrogens is 634 g/mol. The molecule has 0 aliphatic carbocycles. The average molecular weight is 664 g/mol. The number of hydrogen-bond donors (Lipinski definition) is 0. The first-order valence-corrected chi connectivity index (χ1v) is 31.0. The first-order chi connectivity index (χ1) is 13.4. The Kier molecular flexibility index (Phi) is 11.6. The fourth-order valence-electron chi connectivity index (χ4n) is 2.88. The summed E-state index contributed by atoms with van der Waals surface area (Å²) in [5.74, 6) is 1.62. The molecule has 2 heterocycles. The molecule has 2 aliphatic rings. The summed E-state index contributed by atoms with van der Waals surface area (Å²) in [7, 11) is 5.22. The van der Waals surface area contributed by atoms with Crippen molar-refractivity contribution in [1.29, 1.82) is 0 Å². The summed E-state index contributed by atoms with van der Waals surface area (Å²) >= 11 is -6.77. The van der Waals surface area contributed by atoms with Gasteiger partial charge in [-0.2, -0.15) is 0 Å². The van der Waals surface area contributed by atoms with Crippen LogP contribution in [-0.4, -0.2) is 69.0 Å². The van der Waals surface area contributed by atoms with Crippen molar-refractivity contribution in [1.82, 2.24) is 0 Å². The second-order valence-electron chi connectivity index (χ2n) is 6.79. The minimum absolute atomic E-state index is 0.0685. The second kappa shape index (κ2) is 12.8. The average Bonchev–Trinajstić information content (AvgIpc) is 2.65. The molecule has 160 valence electrons. The van der Waals surface area contributed by atoms with Crippen molar-refractivity contribution in [2.24, 2.45) is 0 Å². The van der Waals surface area contributed by atoms with E-state index in [1.807, 2.05) is 8.95 Å². The molecule has 2 saturated heterocycles. The third kappa shape index (κ3) is 8.30. The first kappa shape index (κ1) is 25.3.